The second-order valence-corrected chi connectivity index (χ2v) is 9.57. The number of carbonyl (C=O) groups is 2. The summed E-state index contributed by atoms with van der Waals surface area (Å²) in [6, 6.07) is 12.2. The van der Waals surface area contributed by atoms with Gasteiger partial charge in [-0.2, -0.15) is 0 Å². The molecule has 0 saturated carbocycles. The van der Waals surface area contributed by atoms with Crippen molar-refractivity contribution in [3.8, 4) is 5.75 Å². The van der Waals surface area contributed by atoms with Gasteiger partial charge in [0.25, 0.3) is 11.7 Å². The number of fused-ring (bicyclic) bond motifs is 1. The first-order valence-corrected chi connectivity index (χ1v) is 12.0. The molecule has 1 amide bonds. The molecule has 0 unspecified atom stereocenters. The van der Waals surface area contributed by atoms with Crippen LogP contribution in [-0.2, 0) is 22.6 Å². The molecule has 1 aromatic heterocycles. The average Bonchev–Trinajstić information content (AvgIpc) is 3.53. The standard InChI is InChI=1S/C26H24BrN3O4/c1-16-13-19-14-18(5-8-21(19)34-16)24(31)22-23(17-3-6-20(27)7-4-17)30(26(33)25(22)32)11-2-10-29-12-9-28-15-29/h3-9,12,14-16,23,31H,2,10-11,13H2,1H3/t16-,23+/m1/s1. The van der Waals surface area contributed by atoms with Crippen molar-refractivity contribution in [2.75, 3.05) is 6.54 Å². The molecule has 8 heteroatoms. The van der Waals surface area contributed by atoms with Crippen molar-refractivity contribution in [1.82, 2.24) is 14.5 Å². The number of aryl methyl sites for hydroxylation is 1. The lowest BCUT2D eigenvalue weighted by Gasteiger charge is -2.25. The van der Waals surface area contributed by atoms with Crippen LogP contribution >= 0.6 is 15.9 Å². The van der Waals surface area contributed by atoms with Crippen LogP contribution in [0.15, 0.2) is 71.2 Å². The fraction of sp³-hybridized carbons (Fsp3) is 0.269. The molecule has 174 valence electrons. The van der Waals surface area contributed by atoms with E-state index in [2.05, 4.69) is 20.9 Å². The van der Waals surface area contributed by atoms with Gasteiger partial charge >= 0.3 is 0 Å². The Kier molecular flexibility index (Phi) is 6.00. The number of aliphatic hydroxyl groups is 1. The van der Waals surface area contributed by atoms with E-state index in [4.69, 9.17) is 4.74 Å². The molecule has 0 bridgehead atoms. The number of rotatable bonds is 6. The van der Waals surface area contributed by atoms with E-state index in [0.29, 0.717) is 25.1 Å². The van der Waals surface area contributed by atoms with Gasteiger partial charge in [0.05, 0.1) is 17.9 Å². The number of benzene rings is 2. The Hall–Kier alpha value is -3.39. The zero-order chi connectivity index (χ0) is 23.8. The highest BCUT2D eigenvalue weighted by atomic mass is 79.9. The van der Waals surface area contributed by atoms with Gasteiger partial charge in [-0.05, 0) is 54.8 Å². The van der Waals surface area contributed by atoms with E-state index < -0.39 is 17.7 Å². The molecule has 2 aliphatic rings. The molecule has 5 rings (SSSR count). The Morgan fingerprint density at radius 1 is 1.18 bits per heavy atom. The van der Waals surface area contributed by atoms with Gasteiger partial charge in [-0.3, -0.25) is 9.59 Å². The number of imidazole rings is 1. The van der Waals surface area contributed by atoms with Gasteiger partial charge in [-0.15, -0.1) is 0 Å². The van der Waals surface area contributed by atoms with Crippen LogP contribution in [0.25, 0.3) is 5.76 Å². The third-order valence-corrected chi connectivity index (χ3v) is 6.80. The van der Waals surface area contributed by atoms with E-state index >= 15 is 0 Å². The van der Waals surface area contributed by atoms with Crippen molar-refractivity contribution in [2.24, 2.45) is 0 Å². The maximum Gasteiger partial charge on any atom is 0.295 e. The number of hydrogen-bond acceptors (Lipinski definition) is 5. The number of aromatic nitrogens is 2. The Balaban J connectivity index is 1.52. The smallest absolute Gasteiger partial charge is 0.295 e. The fourth-order valence-electron chi connectivity index (χ4n) is 4.67. The average molecular weight is 522 g/mol. The van der Waals surface area contributed by atoms with E-state index in [1.807, 2.05) is 54.1 Å². The number of Topliss-reactive ketones (excluding diaryl/α,β-unsaturated/α-hetero) is 1. The molecule has 3 aromatic rings. The van der Waals surface area contributed by atoms with Crippen molar-refractivity contribution < 1.29 is 19.4 Å². The van der Waals surface area contributed by atoms with Crippen LogP contribution in [0, 0.1) is 0 Å². The van der Waals surface area contributed by atoms with E-state index in [9.17, 15) is 14.7 Å². The second-order valence-electron chi connectivity index (χ2n) is 8.65. The normalized spacial score (nSPS) is 21.1. The number of aliphatic hydroxyl groups excluding tert-OH is 1. The van der Waals surface area contributed by atoms with E-state index in [-0.39, 0.29) is 17.4 Å². The highest BCUT2D eigenvalue weighted by Crippen LogP contribution is 2.41. The third kappa shape index (κ3) is 4.14. The van der Waals surface area contributed by atoms with Gasteiger partial charge < -0.3 is 19.3 Å². The molecule has 0 radical (unpaired) electrons. The third-order valence-electron chi connectivity index (χ3n) is 6.27. The molecular weight excluding hydrogens is 498 g/mol. The summed E-state index contributed by atoms with van der Waals surface area (Å²) in [6.07, 6.45) is 6.73. The van der Waals surface area contributed by atoms with Crippen LogP contribution in [0.2, 0.25) is 0 Å². The van der Waals surface area contributed by atoms with Gasteiger partial charge in [-0.25, -0.2) is 4.98 Å². The molecule has 0 spiro atoms. The second kappa shape index (κ2) is 9.10. The van der Waals surface area contributed by atoms with E-state index in [1.165, 1.54) is 0 Å². The highest BCUT2D eigenvalue weighted by molar-refractivity contribution is 9.10. The Morgan fingerprint density at radius 2 is 1.97 bits per heavy atom. The Bertz CT molecular complexity index is 1270. The van der Waals surface area contributed by atoms with Crippen LogP contribution < -0.4 is 4.74 Å². The van der Waals surface area contributed by atoms with E-state index in [0.717, 1.165) is 27.8 Å². The summed E-state index contributed by atoms with van der Waals surface area (Å²) in [4.78, 5) is 31.9. The number of nitrogens with zero attached hydrogens (tertiary/aromatic N) is 3. The first-order valence-electron chi connectivity index (χ1n) is 11.2. The van der Waals surface area contributed by atoms with Gasteiger partial charge in [-0.1, -0.05) is 28.1 Å². The molecule has 0 aliphatic carbocycles. The minimum absolute atomic E-state index is 0.0660. The predicted molar refractivity (Wildman–Crippen MR) is 130 cm³/mol. The number of amides is 1. The number of halogens is 1. The topological polar surface area (TPSA) is 84.7 Å². The molecule has 7 nitrogen and oxygen atoms in total. The van der Waals surface area contributed by atoms with Crippen molar-refractivity contribution in [3.05, 3.63) is 87.9 Å². The van der Waals surface area contributed by atoms with Crippen molar-refractivity contribution in [3.63, 3.8) is 0 Å². The number of likely N-dealkylation sites (tertiary alicyclic amines) is 1. The van der Waals surface area contributed by atoms with Gasteiger partial charge in [0, 0.05) is 41.9 Å². The minimum Gasteiger partial charge on any atom is -0.507 e. The quantitative estimate of drug-likeness (QED) is 0.293. The van der Waals surface area contributed by atoms with Crippen LogP contribution in [0.5, 0.6) is 5.75 Å². The number of ketones is 1. The molecule has 3 heterocycles. The van der Waals surface area contributed by atoms with Gasteiger partial charge in [0.2, 0.25) is 0 Å². The van der Waals surface area contributed by atoms with E-state index in [1.54, 1.807) is 23.5 Å². The van der Waals surface area contributed by atoms with Crippen LogP contribution in [0.3, 0.4) is 0 Å². The summed E-state index contributed by atoms with van der Waals surface area (Å²) in [6.45, 7) is 3.03. The van der Waals surface area contributed by atoms with Crippen molar-refractivity contribution >= 4 is 33.4 Å². The lowest BCUT2D eigenvalue weighted by Crippen LogP contribution is -2.31. The molecular formula is C26H24BrN3O4. The van der Waals surface area contributed by atoms with Gasteiger partial charge in [0.15, 0.2) is 0 Å². The fourth-order valence-corrected chi connectivity index (χ4v) is 4.93. The zero-order valence-electron chi connectivity index (χ0n) is 18.6. The monoisotopic (exact) mass is 521 g/mol. The maximum atomic E-state index is 13.2. The maximum absolute atomic E-state index is 13.2. The van der Waals surface area contributed by atoms with Crippen molar-refractivity contribution in [1.29, 1.82) is 0 Å². The molecule has 1 fully saturated rings. The predicted octanol–water partition coefficient (Wildman–Crippen LogP) is 4.48. The molecule has 1 N–H and O–H groups in total. The summed E-state index contributed by atoms with van der Waals surface area (Å²) in [5.74, 6) is -0.643. The summed E-state index contributed by atoms with van der Waals surface area (Å²) in [5, 5.41) is 11.3. The lowest BCUT2D eigenvalue weighted by molar-refractivity contribution is -0.139. The van der Waals surface area contributed by atoms with Crippen LogP contribution in [-0.4, -0.2) is 43.9 Å². The number of ether oxygens (including phenoxy) is 1. The molecule has 2 aliphatic heterocycles. The van der Waals surface area contributed by atoms with Crippen molar-refractivity contribution in [2.45, 2.75) is 38.5 Å². The lowest BCUT2D eigenvalue weighted by atomic mass is 9.94. The van der Waals surface area contributed by atoms with Crippen LogP contribution in [0.4, 0.5) is 0 Å². The summed E-state index contributed by atoms with van der Waals surface area (Å²) in [7, 11) is 0. The summed E-state index contributed by atoms with van der Waals surface area (Å²) in [5.41, 5.74) is 2.37. The van der Waals surface area contributed by atoms with Crippen LogP contribution in [0.1, 0.15) is 36.1 Å². The van der Waals surface area contributed by atoms with Gasteiger partial charge in [0.1, 0.15) is 17.6 Å². The summed E-state index contributed by atoms with van der Waals surface area (Å²) >= 11 is 3.44. The molecule has 2 atom stereocenters. The summed E-state index contributed by atoms with van der Waals surface area (Å²) < 4.78 is 8.58. The zero-order valence-corrected chi connectivity index (χ0v) is 20.2. The highest BCUT2D eigenvalue weighted by Gasteiger charge is 2.45. The Morgan fingerprint density at radius 3 is 2.71 bits per heavy atom. The molecule has 34 heavy (non-hydrogen) atoms. The molecule has 1 saturated heterocycles. The minimum atomic E-state index is -0.668. The Labute approximate surface area is 205 Å². The molecule has 2 aromatic carbocycles. The largest absolute Gasteiger partial charge is 0.507 e. The number of hydrogen-bond donors (Lipinski definition) is 1. The SMILES string of the molecule is C[C@@H]1Cc2cc(C(O)=C3C(=O)C(=O)N(CCCn4ccnc4)[C@H]3c3ccc(Br)cc3)ccc2O1. The number of carbonyl (C=O) groups excluding carboxylic acids is 2. The first kappa shape index (κ1) is 22.4. The first-order chi connectivity index (χ1) is 16.4.